The van der Waals surface area contributed by atoms with Gasteiger partial charge in [-0.1, -0.05) is 50.0 Å². The lowest BCUT2D eigenvalue weighted by Gasteiger charge is -2.16. The van der Waals surface area contributed by atoms with Gasteiger partial charge in [-0.05, 0) is 154 Å². The SMILES string of the molecule is O=C(O)CC(CCCCCCc1ccc2c(n1)CCCC2)c1cnc2cc(F)c(F)cc2c1.OC(/C=C/c1cnc2cc(F)c(F)cc2c1)CCCCc1ccc2c(n1)CCCC2. The molecule has 0 spiro atoms. The van der Waals surface area contributed by atoms with E-state index < -0.39 is 35.3 Å². The Labute approximate surface area is 366 Å². The van der Waals surface area contributed by atoms with Gasteiger partial charge < -0.3 is 10.2 Å². The second kappa shape index (κ2) is 22.2. The molecule has 0 radical (unpaired) electrons. The van der Waals surface area contributed by atoms with Gasteiger partial charge in [0, 0.05) is 58.1 Å². The molecular formula is C52H56F4N4O3. The molecule has 11 heteroatoms. The van der Waals surface area contributed by atoms with Crippen LogP contribution in [0.3, 0.4) is 0 Å². The van der Waals surface area contributed by atoms with Crippen molar-refractivity contribution in [3.8, 4) is 0 Å². The minimum absolute atomic E-state index is 0.00406. The number of pyridine rings is 4. The average Bonchev–Trinajstić information content (AvgIpc) is 3.28. The highest BCUT2D eigenvalue weighted by atomic mass is 19.2. The van der Waals surface area contributed by atoms with Crippen LogP contribution in [-0.4, -0.2) is 42.2 Å². The summed E-state index contributed by atoms with van der Waals surface area (Å²) in [5, 5.41) is 20.6. The van der Waals surface area contributed by atoms with E-state index in [1.807, 2.05) is 0 Å². The van der Waals surface area contributed by atoms with E-state index >= 15 is 0 Å². The summed E-state index contributed by atoms with van der Waals surface area (Å²) < 4.78 is 53.7. The predicted octanol–water partition coefficient (Wildman–Crippen LogP) is 12.1. The third-order valence-corrected chi connectivity index (χ3v) is 12.3. The van der Waals surface area contributed by atoms with Crippen LogP contribution in [0.15, 0.2) is 79.1 Å². The number of halogens is 4. The Morgan fingerprint density at radius 1 is 0.619 bits per heavy atom. The van der Waals surface area contributed by atoms with E-state index in [0.717, 1.165) is 125 Å². The van der Waals surface area contributed by atoms with Crippen molar-refractivity contribution >= 4 is 33.9 Å². The number of aryl methyl sites for hydroxylation is 6. The van der Waals surface area contributed by atoms with Gasteiger partial charge in [0.2, 0.25) is 0 Å². The number of aromatic nitrogens is 4. The van der Waals surface area contributed by atoms with Crippen molar-refractivity contribution in [1.82, 2.24) is 19.9 Å². The monoisotopic (exact) mass is 860 g/mol. The zero-order chi connectivity index (χ0) is 44.1. The number of hydrogen-bond acceptors (Lipinski definition) is 6. The zero-order valence-electron chi connectivity index (χ0n) is 35.8. The van der Waals surface area contributed by atoms with Crippen LogP contribution >= 0.6 is 0 Å². The first-order chi connectivity index (χ1) is 30.6. The van der Waals surface area contributed by atoms with Crippen LogP contribution in [0.5, 0.6) is 0 Å². The largest absolute Gasteiger partial charge is 0.481 e. The van der Waals surface area contributed by atoms with Gasteiger partial charge in [-0.3, -0.25) is 24.7 Å². The number of rotatable bonds is 17. The van der Waals surface area contributed by atoms with Gasteiger partial charge >= 0.3 is 5.97 Å². The lowest BCUT2D eigenvalue weighted by molar-refractivity contribution is -0.137. The second-order valence-electron chi connectivity index (χ2n) is 17.1. The highest BCUT2D eigenvalue weighted by Gasteiger charge is 2.18. The minimum atomic E-state index is -0.935. The first-order valence-electron chi connectivity index (χ1n) is 22.6. The highest BCUT2D eigenvalue weighted by Crippen LogP contribution is 2.29. The van der Waals surface area contributed by atoms with Crippen molar-refractivity contribution in [1.29, 1.82) is 0 Å². The molecule has 4 heterocycles. The van der Waals surface area contributed by atoms with Crippen LogP contribution in [0.25, 0.3) is 27.9 Å². The highest BCUT2D eigenvalue weighted by molar-refractivity contribution is 5.81. The van der Waals surface area contributed by atoms with Gasteiger partial charge in [0.25, 0.3) is 0 Å². The summed E-state index contributed by atoms with van der Waals surface area (Å²) in [6, 6.07) is 16.7. The van der Waals surface area contributed by atoms with E-state index in [-0.39, 0.29) is 12.3 Å². The minimum Gasteiger partial charge on any atom is -0.481 e. The lowest BCUT2D eigenvalue weighted by Crippen LogP contribution is -2.07. The molecule has 63 heavy (non-hydrogen) atoms. The number of carboxylic acid groups (broad SMARTS) is 1. The quantitative estimate of drug-likeness (QED) is 0.0694. The Bertz CT molecular complexity index is 2550. The van der Waals surface area contributed by atoms with Gasteiger partial charge in [0.15, 0.2) is 23.3 Å². The summed E-state index contributed by atoms with van der Waals surface area (Å²) >= 11 is 0. The van der Waals surface area contributed by atoms with Crippen LogP contribution in [-0.2, 0) is 43.3 Å². The van der Waals surface area contributed by atoms with Crippen LogP contribution in [0, 0.1) is 23.3 Å². The number of hydrogen-bond donors (Lipinski definition) is 2. The maximum absolute atomic E-state index is 13.6. The van der Waals surface area contributed by atoms with Gasteiger partial charge in [-0.25, -0.2) is 17.6 Å². The van der Waals surface area contributed by atoms with Crippen LogP contribution in [0.1, 0.15) is 134 Å². The molecule has 2 N–H and O–H groups in total. The molecule has 0 saturated carbocycles. The molecule has 2 aliphatic carbocycles. The smallest absolute Gasteiger partial charge is 0.303 e. The van der Waals surface area contributed by atoms with Gasteiger partial charge in [0.1, 0.15) is 0 Å². The van der Waals surface area contributed by atoms with Gasteiger partial charge in [-0.2, -0.15) is 0 Å². The van der Waals surface area contributed by atoms with E-state index in [9.17, 15) is 32.6 Å². The van der Waals surface area contributed by atoms with Crippen molar-refractivity contribution in [2.75, 3.05) is 0 Å². The van der Waals surface area contributed by atoms with Crippen LogP contribution in [0.2, 0.25) is 0 Å². The third kappa shape index (κ3) is 13.0. The Morgan fingerprint density at radius 3 is 1.76 bits per heavy atom. The number of unbranched alkanes of at least 4 members (excludes halogenated alkanes) is 4. The van der Waals surface area contributed by atoms with E-state index in [2.05, 4.69) is 34.2 Å². The van der Waals surface area contributed by atoms with Crippen molar-refractivity contribution in [3.05, 3.63) is 147 Å². The van der Waals surface area contributed by atoms with E-state index in [0.29, 0.717) is 28.2 Å². The van der Waals surface area contributed by atoms with Gasteiger partial charge in [-0.15, -0.1) is 0 Å². The number of carbonyl (C=O) groups is 1. The summed E-state index contributed by atoms with van der Waals surface area (Å²) in [5.74, 6) is -4.73. The molecule has 4 aromatic heterocycles. The molecular weight excluding hydrogens is 805 g/mol. The maximum Gasteiger partial charge on any atom is 0.303 e. The van der Waals surface area contributed by atoms with Crippen LogP contribution in [0.4, 0.5) is 17.6 Å². The summed E-state index contributed by atoms with van der Waals surface area (Å²) in [7, 11) is 0. The topological polar surface area (TPSA) is 109 Å². The predicted molar refractivity (Wildman–Crippen MR) is 239 cm³/mol. The normalized spacial score (nSPS) is 14.6. The molecule has 0 aliphatic heterocycles. The lowest BCUT2D eigenvalue weighted by atomic mass is 9.90. The Hall–Kier alpha value is -5.55. The first kappa shape index (κ1) is 45.5. The molecule has 0 saturated heterocycles. The molecule has 0 amide bonds. The summed E-state index contributed by atoms with van der Waals surface area (Å²) in [6.45, 7) is 0. The number of carboxylic acids is 1. The van der Waals surface area contributed by atoms with Crippen molar-refractivity contribution < 1.29 is 32.6 Å². The molecule has 6 aromatic rings. The fourth-order valence-electron chi connectivity index (χ4n) is 8.75. The Balaban J connectivity index is 0.000000190. The summed E-state index contributed by atoms with van der Waals surface area (Å²) in [6.07, 6.45) is 24.9. The Morgan fingerprint density at radius 2 is 1.14 bits per heavy atom. The van der Waals surface area contributed by atoms with E-state index in [1.165, 1.54) is 53.9 Å². The number of nitrogens with zero attached hydrogens (tertiary/aromatic N) is 4. The van der Waals surface area contributed by atoms with Crippen LogP contribution < -0.4 is 0 Å². The fourth-order valence-corrected chi connectivity index (χ4v) is 8.75. The zero-order valence-corrected chi connectivity index (χ0v) is 35.8. The number of fused-ring (bicyclic) bond motifs is 4. The van der Waals surface area contributed by atoms with E-state index in [1.54, 1.807) is 36.7 Å². The molecule has 8 rings (SSSR count). The molecule has 0 fully saturated rings. The first-order valence-corrected chi connectivity index (χ1v) is 22.6. The third-order valence-electron chi connectivity index (χ3n) is 12.3. The second-order valence-corrected chi connectivity index (χ2v) is 17.1. The number of benzene rings is 2. The molecule has 2 atom stereocenters. The molecule has 2 unspecified atom stereocenters. The molecule has 0 bridgehead atoms. The van der Waals surface area contributed by atoms with Crippen molar-refractivity contribution in [2.45, 2.75) is 134 Å². The van der Waals surface area contributed by atoms with E-state index in [4.69, 9.17) is 9.97 Å². The van der Waals surface area contributed by atoms with Crippen molar-refractivity contribution in [2.24, 2.45) is 0 Å². The molecule has 2 aromatic carbocycles. The Kier molecular flexibility index (Phi) is 16.0. The molecule has 2 aliphatic rings. The molecule has 330 valence electrons. The van der Waals surface area contributed by atoms with Gasteiger partial charge in [0.05, 0.1) is 23.6 Å². The summed E-state index contributed by atoms with van der Waals surface area (Å²) in [5.41, 5.74) is 9.95. The standard InChI is InChI=1S/C27H30F2N2O2.C25H26F2N2O/c28-23-14-20-13-21(17-30-26(20)16-24(23)29)19(15-27(32)33)8-3-1-2-4-9-22-12-11-18-7-5-6-10-25(18)31-22;26-22-14-19-13-17(16-28-25(19)15-23(22)27)9-12-21(30)7-3-2-6-20-11-10-18-5-1-4-8-24(18)29-20/h11-14,16-17,19H,1-10,15H2,(H,32,33);9-16,21,30H,1-8H2/b;12-9+. The number of aliphatic hydroxyl groups is 1. The fraction of sp³-hybridized carbons (Fsp3) is 0.404. The number of aliphatic carboxylic acids is 1. The molecule has 7 nitrogen and oxygen atoms in total. The van der Waals surface area contributed by atoms with Crippen molar-refractivity contribution in [3.63, 3.8) is 0 Å². The maximum atomic E-state index is 13.6. The number of aliphatic hydroxyl groups excluding tert-OH is 1. The summed E-state index contributed by atoms with van der Waals surface area (Å²) in [4.78, 5) is 29.4. The average molecular weight is 861 g/mol.